The smallest absolute Gasteiger partial charge is 0.352 e. The highest BCUT2D eigenvalue weighted by Crippen LogP contribution is 2.27. The van der Waals surface area contributed by atoms with Crippen LogP contribution in [0.15, 0.2) is 53.4 Å². The third-order valence-corrected chi connectivity index (χ3v) is 4.44. The zero-order valence-electron chi connectivity index (χ0n) is 12.1. The van der Waals surface area contributed by atoms with Gasteiger partial charge in [0.1, 0.15) is 17.2 Å². The average Bonchev–Trinajstić information content (AvgIpc) is 2.90. The quantitative estimate of drug-likeness (QED) is 0.766. The third-order valence-electron chi connectivity index (χ3n) is 3.31. The summed E-state index contributed by atoms with van der Waals surface area (Å²) in [4.78, 5) is 14.0. The molecule has 118 valence electrons. The van der Waals surface area contributed by atoms with Crippen LogP contribution < -0.4 is 4.74 Å². The molecule has 1 heterocycles. The van der Waals surface area contributed by atoms with Crippen LogP contribution in [0.25, 0.3) is 10.9 Å². The summed E-state index contributed by atoms with van der Waals surface area (Å²) in [5, 5.41) is 9.69. The Morgan fingerprint density at radius 3 is 2.30 bits per heavy atom. The molecule has 0 saturated carbocycles. The predicted octanol–water partition coefficient (Wildman–Crippen LogP) is 3.06. The number of hydrogen-bond donors (Lipinski definition) is 2. The molecule has 0 aliphatic heterocycles. The van der Waals surface area contributed by atoms with Crippen LogP contribution >= 0.6 is 0 Å². The number of benzene rings is 2. The van der Waals surface area contributed by atoms with E-state index in [1.54, 1.807) is 30.3 Å². The van der Waals surface area contributed by atoms with Gasteiger partial charge in [0.05, 0.1) is 4.90 Å². The lowest BCUT2D eigenvalue weighted by molar-refractivity contribution is 0.0691. The van der Waals surface area contributed by atoms with E-state index in [4.69, 9.17) is 9.84 Å². The van der Waals surface area contributed by atoms with Gasteiger partial charge in [-0.15, -0.1) is 0 Å². The fraction of sp³-hybridized carbons (Fsp3) is 0.0625. The number of nitrogens with one attached hydrogen (secondary N) is 1. The molecule has 2 N–H and O–H groups in total. The highest BCUT2D eigenvalue weighted by molar-refractivity contribution is 7.90. The molecule has 0 saturated heterocycles. The van der Waals surface area contributed by atoms with Crippen molar-refractivity contribution >= 4 is 26.7 Å². The van der Waals surface area contributed by atoms with Crippen molar-refractivity contribution in [1.29, 1.82) is 0 Å². The lowest BCUT2D eigenvalue weighted by Gasteiger charge is -2.06. The van der Waals surface area contributed by atoms with Crippen LogP contribution in [0.2, 0.25) is 0 Å². The number of sulfone groups is 1. The Balaban J connectivity index is 1.87. The number of fused-ring (bicyclic) bond motifs is 1. The number of carboxylic acid groups (broad SMARTS) is 1. The number of aromatic nitrogens is 1. The van der Waals surface area contributed by atoms with E-state index in [1.807, 2.05) is 0 Å². The van der Waals surface area contributed by atoms with Gasteiger partial charge in [-0.3, -0.25) is 0 Å². The molecule has 0 radical (unpaired) electrons. The maximum absolute atomic E-state index is 11.4. The summed E-state index contributed by atoms with van der Waals surface area (Å²) in [6.07, 6.45) is 1.14. The Labute approximate surface area is 132 Å². The minimum atomic E-state index is -3.24. The fourth-order valence-corrected chi connectivity index (χ4v) is 2.81. The number of aromatic carboxylic acids is 1. The topological polar surface area (TPSA) is 96.5 Å². The van der Waals surface area contributed by atoms with Gasteiger partial charge in [-0.05, 0) is 48.5 Å². The summed E-state index contributed by atoms with van der Waals surface area (Å²) < 4.78 is 28.5. The molecule has 0 bridgehead atoms. The summed E-state index contributed by atoms with van der Waals surface area (Å²) in [5.74, 6) is -0.00804. The van der Waals surface area contributed by atoms with Gasteiger partial charge in [0, 0.05) is 17.2 Å². The van der Waals surface area contributed by atoms with Gasteiger partial charge >= 0.3 is 5.97 Å². The van der Waals surface area contributed by atoms with Crippen LogP contribution in [0.4, 0.5) is 0 Å². The fourth-order valence-electron chi connectivity index (χ4n) is 2.18. The maximum atomic E-state index is 11.4. The molecule has 3 rings (SSSR count). The maximum Gasteiger partial charge on any atom is 0.352 e. The Morgan fingerprint density at radius 2 is 1.70 bits per heavy atom. The van der Waals surface area contributed by atoms with E-state index in [2.05, 4.69) is 4.98 Å². The second-order valence-corrected chi connectivity index (χ2v) is 7.10. The first-order valence-electron chi connectivity index (χ1n) is 6.67. The minimum Gasteiger partial charge on any atom is -0.477 e. The molecule has 0 spiro atoms. The lowest BCUT2D eigenvalue weighted by atomic mass is 10.2. The largest absolute Gasteiger partial charge is 0.477 e. The molecule has 0 unspecified atom stereocenters. The Morgan fingerprint density at radius 1 is 1.04 bits per heavy atom. The van der Waals surface area contributed by atoms with E-state index >= 15 is 0 Å². The SMILES string of the molecule is CS(=O)(=O)c1ccc(Oc2ccc3[nH]c(C(=O)O)cc3c2)cc1. The summed E-state index contributed by atoms with van der Waals surface area (Å²) in [6, 6.07) is 12.8. The number of rotatable bonds is 4. The highest BCUT2D eigenvalue weighted by atomic mass is 32.2. The number of carboxylic acids is 1. The van der Waals surface area contributed by atoms with Crippen molar-refractivity contribution in [3.05, 3.63) is 54.2 Å². The standard InChI is InChI=1S/C16H13NO5S/c1-23(20,21)13-5-2-11(3-6-13)22-12-4-7-14-10(8-12)9-15(17-14)16(18)19/h2-9,17H,1H3,(H,18,19). The first kappa shape index (κ1) is 15.1. The number of H-pyrrole nitrogens is 1. The van der Waals surface area contributed by atoms with Crippen molar-refractivity contribution in [3.63, 3.8) is 0 Å². The molecule has 0 aliphatic carbocycles. The minimum absolute atomic E-state index is 0.106. The van der Waals surface area contributed by atoms with Crippen molar-refractivity contribution in [3.8, 4) is 11.5 Å². The van der Waals surface area contributed by atoms with Gasteiger partial charge in [0.2, 0.25) is 0 Å². The van der Waals surface area contributed by atoms with Gasteiger partial charge in [0.25, 0.3) is 0 Å². The van der Waals surface area contributed by atoms with E-state index in [1.165, 1.54) is 18.2 Å². The van der Waals surface area contributed by atoms with Gasteiger partial charge in [0.15, 0.2) is 9.84 Å². The monoisotopic (exact) mass is 331 g/mol. The van der Waals surface area contributed by atoms with E-state index in [0.29, 0.717) is 22.4 Å². The van der Waals surface area contributed by atoms with E-state index in [9.17, 15) is 13.2 Å². The molecule has 0 aliphatic rings. The molecule has 0 amide bonds. The molecule has 23 heavy (non-hydrogen) atoms. The lowest BCUT2D eigenvalue weighted by Crippen LogP contribution is -1.96. The zero-order chi connectivity index (χ0) is 16.6. The second kappa shape index (κ2) is 5.44. The van der Waals surface area contributed by atoms with Gasteiger partial charge < -0.3 is 14.8 Å². The zero-order valence-corrected chi connectivity index (χ0v) is 12.9. The molecule has 0 atom stereocenters. The molecule has 0 fully saturated rings. The van der Waals surface area contributed by atoms with Crippen molar-refractivity contribution < 1.29 is 23.1 Å². The first-order valence-corrected chi connectivity index (χ1v) is 8.56. The van der Waals surface area contributed by atoms with Crippen molar-refractivity contribution in [1.82, 2.24) is 4.98 Å². The first-order chi connectivity index (χ1) is 10.8. The van der Waals surface area contributed by atoms with Gasteiger partial charge in [-0.1, -0.05) is 0 Å². The molecule has 6 nitrogen and oxygen atoms in total. The Kier molecular flexibility index (Phi) is 3.57. The van der Waals surface area contributed by atoms with Crippen LogP contribution in [0.3, 0.4) is 0 Å². The van der Waals surface area contributed by atoms with Crippen molar-refractivity contribution in [2.45, 2.75) is 4.90 Å². The highest BCUT2D eigenvalue weighted by Gasteiger charge is 2.09. The van der Waals surface area contributed by atoms with Crippen molar-refractivity contribution in [2.75, 3.05) is 6.26 Å². The third kappa shape index (κ3) is 3.19. The summed E-state index contributed by atoms with van der Waals surface area (Å²) in [5.41, 5.74) is 0.803. The predicted molar refractivity (Wildman–Crippen MR) is 84.9 cm³/mol. The summed E-state index contributed by atoms with van der Waals surface area (Å²) >= 11 is 0. The van der Waals surface area contributed by atoms with Crippen LogP contribution in [0, 0.1) is 0 Å². The number of hydrogen-bond acceptors (Lipinski definition) is 4. The normalized spacial score (nSPS) is 11.5. The summed E-state index contributed by atoms with van der Waals surface area (Å²) in [6.45, 7) is 0. The molecular weight excluding hydrogens is 318 g/mol. The van der Waals surface area contributed by atoms with E-state index in [0.717, 1.165) is 6.26 Å². The number of aromatic amines is 1. The van der Waals surface area contributed by atoms with Crippen LogP contribution in [0.5, 0.6) is 11.5 Å². The Hall–Kier alpha value is -2.80. The van der Waals surface area contributed by atoms with Crippen LogP contribution in [0.1, 0.15) is 10.5 Å². The molecule has 3 aromatic rings. The molecule has 1 aromatic heterocycles. The van der Waals surface area contributed by atoms with Gasteiger partial charge in [-0.25, -0.2) is 13.2 Å². The molecule has 2 aromatic carbocycles. The summed E-state index contributed by atoms with van der Waals surface area (Å²) in [7, 11) is -3.24. The Bertz CT molecular complexity index is 987. The van der Waals surface area contributed by atoms with E-state index in [-0.39, 0.29) is 10.6 Å². The van der Waals surface area contributed by atoms with E-state index < -0.39 is 15.8 Å². The van der Waals surface area contributed by atoms with Crippen LogP contribution in [-0.2, 0) is 9.84 Å². The molecular formula is C16H13NO5S. The van der Waals surface area contributed by atoms with Crippen molar-refractivity contribution in [2.24, 2.45) is 0 Å². The number of carbonyl (C=O) groups is 1. The van der Waals surface area contributed by atoms with Crippen LogP contribution in [-0.4, -0.2) is 30.7 Å². The second-order valence-electron chi connectivity index (χ2n) is 5.08. The number of ether oxygens (including phenoxy) is 1. The molecule has 7 heteroatoms. The van der Waals surface area contributed by atoms with Gasteiger partial charge in [-0.2, -0.15) is 0 Å². The average molecular weight is 331 g/mol.